The van der Waals surface area contributed by atoms with E-state index in [0.717, 1.165) is 43.4 Å². The van der Waals surface area contributed by atoms with Crippen molar-refractivity contribution in [2.75, 3.05) is 0 Å². The summed E-state index contributed by atoms with van der Waals surface area (Å²) < 4.78 is 0. The van der Waals surface area contributed by atoms with Crippen LogP contribution >= 0.6 is 0 Å². The maximum atomic E-state index is 10.6. The molecule has 14 atom stereocenters. The van der Waals surface area contributed by atoms with Crippen LogP contribution in [0.5, 0.6) is 0 Å². The third-order valence-corrected chi connectivity index (χ3v) is 17.6. The fourth-order valence-corrected chi connectivity index (χ4v) is 13.4. The van der Waals surface area contributed by atoms with Gasteiger partial charge in [0.1, 0.15) is 0 Å². The molecular formula is C51H90O2. The van der Waals surface area contributed by atoms with Gasteiger partial charge in [-0.2, -0.15) is 0 Å². The summed E-state index contributed by atoms with van der Waals surface area (Å²) in [7, 11) is 0. The zero-order valence-electron chi connectivity index (χ0n) is 37.5. The second-order valence-electron chi connectivity index (χ2n) is 21.8. The van der Waals surface area contributed by atoms with Crippen LogP contribution in [0.25, 0.3) is 0 Å². The number of aliphatic hydroxyl groups excluding tert-OH is 2. The Morgan fingerprint density at radius 3 is 1.96 bits per heavy atom. The Kier molecular flexibility index (Phi) is 15.9. The third-order valence-electron chi connectivity index (χ3n) is 17.6. The zero-order valence-corrected chi connectivity index (χ0v) is 37.5. The van der Waals surface area contributed by atoms with Gasteiger partial charge >= 0.3 is 0 Å². The van der Waals surface area contributed by atoms with Crippen molar-refractivity contribution in [2.24, 2.45) is 80.3 Å². The molecule has 5 rings (SSSR count). The molecule has 4 fully saturated rings. The van der Waals surface area contributed by atoms with Gasteiger partial charge in [0.2, 0.25) is 0 Å². The lowest BCUT2D eigenvalue weighted by Gasteiger charge is -2.69. The SMILES string of the molecule is C=C.C=C(O)C1CC(CC(C)CCC(C)O)C(C)C(CC(C)CCC2(C)C(C)CCC3(C)C2CC=C2C4CC(C)(C)CCC4(C)CC[C@]23C)C1.C=CC. The van der Waals surface area contributed by atoms with Gasteiger partial charge < -0.3 is 10.2 Å². The lowest BCUT2D eigenvalue weighted by molar-refractivity contribution is -0.144. The van der Waals surface area contributed by atoms with Gasteiger partial charge in [0, 0.05) is 5.92 Å². The maximum absolute atomic E-state index is 10.6. The van der Waals surface area contributed by atoms with Gasteiger partial charge in [-0.1, -0.05) is 100.0 Å². The number of rotatable bonds is 11. The standard InChI is InChI=1S/C46H80O2.C3H6.C2H4/c1-30(13-14-33(4)47)25-36-27-38(35(6)48)28-37(34(36)5)26-31(2)17-19-44(10)32(3)18-20-46(12)41(44)16-15-39-40-29-42(7,8)21-22-43(40,9)23-24-45(39,46)11;1-3-2;1-2/h15,30-34,36-38,40-41,47-48H,6,13-14,16-29H2,1-5,7-12H3;3H,1H2,2H3;1-2H2/t30?,31?,32?,33?,34?,36?,37?,38?,40?,41?,43?,44?,45-,46?;;/m1../s1. The Morgan fingerprint density at radius 1 is 0.868 bits per heavy atom. The first-order valence-electron chi connectivity index (χ1n) is 22.5. The van der Waals surface area contributed by atoms with Gasteiger partial charge in [-0.15, -0.1) is 19.7 Å². The minimum absolute atomic E-state index is 0.210. The number of hydrogen-bond acceptors (Lipinski definition) is 2. The highest BCUT2D eigenvalue weighted by molar-refractivity contribution is 5.33. The molecule has 2 nitrogen and oxygen atoms in total. The quantitative estimate of drug-likeness (QED) is 0.164. The lowest BCUT2D eigenvalue weighted by atomic mass is 9.36. The van der Waals surface area contributed by atoms with Crippen molar-refractivity contribution in [2.45, 2.75) is 192 Å². The van der Waals surface area contributed by atoms with E-state index >= 15 is 0 Å². The van der Waals surface area contributed by atoms with Gasteiger partial charge in [0.05, 0.1) is 11.9 Å². The molecule has 5 aliphatic rings. The summed E-state index contributed by atoms with van der Waals surface area (Å²) in [6.07, 6.45) is 24.9. The van der Waals surface area contributed by atoms with Crippen LogP contribution in [0.3, 0.4) is 0 Å². The Labute approximate surface area is 331 Å². The maximum Gasteiger partial charge on any atom is 0.0882 e. The Morgan fingerprint density at radius 2 is 1.42 bits per heavy atom. The fourth-order valence-electron chi connectivity index (χ4n) is 13.4. The van der Waals surface area contributed by atoms with E-state index in [4.69, 9.17) is 0 Å². The first-order chi connectivity index (χ1) is 24.7. The van der Waals surface area contributed by atoms with Crippen molar-refractivity contribution < 1.29 is 10.2 Å². The van der Waals surface area contributed by atoms with E-state index in [1.165, 1.54) is 77.0 Å². The van der Waals surface area contributed by atoms with E-state index in [1.54, 1.807) is 6.08 Å². The average Bonchev–Trinajstić information content (AvgIpc) is 3.09. The molecular weight excluding hydrogens is 645 g/mol. The van der Waals surface area contributed by atoms with E-state index in [-0.39, 0.29) is 12.0 Å². The van der Waals surface area contributed by atoms with Crippen LogP contribution in [-0.4, -0.2) is 16.3 Å². The van der Waals surface area contributed by atoms with Crippen LogP contribution in [0.4, 0.5) is 0 Å². The van der Waals surface area contributed by atoms with E-state index in [2.05, 4.69) is 102 Å². The lowest BCUT2D eigenvalue weighted by Crippen LogP contribution is -2.60. The smallest absolute Gasteiger partial charge is 0.0882 e. The summed E-state index contributed by atoms with van der Waals surface area (Å²) in [6.45, 7) is 43.2. The second-order valence-corrected chi connectivity index (χ2v) is 21.8. The number of allylic oxidation sites excluding steroid dienone is 4. The molecule has 2 heteroatoms. The highest BCUT2D eigenvalue weighted by Crippen LogP contribution is 2.73. The predicted molar refractivity (Wildman–Crippen MR) is 233 cm³/mol. The molecule has 13 unspecified atom stereocenters. The average molecular weight is 735 g/mol. The van der Waals surface area contributed by atoms with E-state index < -0.39 is 0 Å². The van der Waals surface area contributed by atoms with Crippen LogP contribution in [-0.2, 0) is 0 Å². The Hall–Kier alpha value is -1.28. The molecule has 0 heterocycles. The minimum Gasteiger partial charge on any atom is -0.513 e. The van der Waals surface area contributed by atoms with Crippen molar-refractivity contribution in [3.05, 3.63) is 49.8 Å². The topological polar surface area (TPSA) is 40.5 Å². The molecule has 0 radical (unpaired) electrons. The summed E-state index contributed by atoms with van der Waals surface area (Å²) in [6, 6.07) is 0. The highest BCUT2D eigenvalue weighted by atomic mass is 16.3. The minimum atomic E-state index is -0.210. The molecule has 0 spiro atoms. The van der Waals surface area contributed by atoms with Crippen LogP contribution in [0.15, 0.2) is 49.8 Å². The normalized spacial score (nSPS) is 41.9. The molecule has 0 aromatic rings. The van der Waals surface area contributed by atoms with Gasteiger partial charge in [0.25, 0.3) is 0 Å². The second kappa shape index (κ2) is 18.3. The Bertz CT molecular complexity index is 1230. The molecule has 53 heavy (non-hydrogen) atoms. The van der Waals surface area contributed by atoms with E-state index in [9.17, 15) is 10.2 Å². The van der Waals surface area contributed by atoms with Crippen LogP contribution < -0.4 is 0 Å². The van der Waals surface area contributed by atoms with E-state index in [0.29, 0.717) is 62.4 Å². The molecule has 5 aliphatic carbocycles. The van der Waals surface area contributed by atoms with Gasteiger partial charge in [0.15, 0.2) is 0 Å². The van der Waals surface area contributed by atoms with Crippen molar-refractivity contribution in [3.8, 4) is 0 Å². The van der Waals surface area contributed by atoms with Crippen molar-refractivity contribution in [1.82, 2.24) is 0 Å². The van der Waals surface area contributed by atoms with E-state index in [1.807, 2.05) is 19.4 Å². The molecule has 0 aromatic carbocycles. The summed E-state index contributed by atoms with van der Waals surface area (Å²) >= 11 is 0. The molecule has 4 saturated carbocycles. The monoisotopic (exact) mass is 735 g/mol. The number of fused-ring (bicyclic) bond motifs is 5. The summed E-state index contributed by atoms with van der Waals surface area (Å²) in [5.41, 5.74) is 4.02. The number of aliphatic hydroxyl groups is 2. The first-order valence-corrected chi connectivity index (χ1v) is 22.5. The summed E-state index contributed by atoms with van der Waals surface area (Å²) in [5.74, 6) is 6.33. The zero-order chi connectivity index (χ0) is 40.2. The molecule has 0 aromatic heterocycles. The van der Waals surface area contributed by atoms with Crippen LogP contribution in [0, 0.1) is 80.3 Å². The van der Waals surface area contributed by atoms with Crippen LogP contribution in [0.1, 0.15) is 186 Å². The molecule has 0 saturated heterocycles. The van der Waals surface area contributed by atoms with Crippen LogP contribution in [0.2, 0.25) is 0 Å². The molecule has 0 amide bonds. The van der Waals surface area contributed by atoms with Crippen molar-refractivity contribution in [1.29, 1.82) is 0 Å². The third kappa shape index (κ3) is 9.82. The highest BCUT2D eigenvalue weighted by Gasteiger charge is 2.64. The fraction of sp³-hybridized carbons (Fsp3) is 0.843. The number of hydrogen-bond donors (Lipinski definition) is 2. The Balaban J connectivity index is 0.00000144. The summed E-state index contributed by atoms with van der Waals surface area (Å²) in [5, 5.41) is 20.4. The van der Waals surface area contributed by atoms with Crippen molar-refractivity contribution in [3.63, 3.8) is 0 Å². The molecule has 2 N–H and O–H groups in total. The largest absolute Gasteiger partial charge is 0.513 e. The van der Waals surface area contributed by atoms with Gasteiger partial charge in [-0.05, 0) is 185 Å². The first kappa shape index (κ1) is 46.1. The van der Waals surface area contributed by atoms with Gasteiger partial charge in [-0.25, -0.2) is 0 Å². The molecule has 0 bridgehead atoms. The molecule has 0 aliphatic heterocycles. The molecule has 306 valence electrons. The van der Waals surface area contributed by atoms with Gasteiger partial charge in [-0.3, -0.25) is 0 Å². The van der Waals surface area contributed by atoms with Crippen molar-refractivity contribution >= 4 is 0 Å². The summed E-state index contributed by atoms with van der Waals surface area (Å²) in [4.78, 5) is 0. The predicted octanol–water partition coefficient (Wildman–Crippen LogP) is 15.3.